The van der Waals surface area contributed by atoms with Gasteiger partial charge in [-0.15, -0.1) is 0 Å². The van der Waals surface area contributed by atoms with Crippen LogP contribution in [0.5, 0.6) is 11.5 Å². The molecule has 4 heteroatoms. The summed E-state index contributed by atoms with van der Waals surface area (Å²) in [5.74, 6) is 1.48. The molecule has 1 rings (SSSR count). The largest absolute Gasteiger partial charge is 0.493 e. The highest BCUT2D eigenvalue weighted by Gasteiger charge is 2.14. The molecule has 0 aromatic heterocycles. The van der Waals surface area contributed by atoms with Crippen molar-refractivity contribution in [2.75, 3.05) is 27.4 Å². The topological polar surface area (TPSA) is 39.7 Å². The third-order valence-corrected chi connectivity index (χ3v) is 2.86. The molecule has 0 bridgehead atoms. The van der Waals surface area contributed by atoms with Gasteiger partial charge >= 0.3 is 0 Å². The molecule has 19 heavy (non-hydrogen) atoms. The lowest BCUT2D eigenvalue weighted by Gasteiger charge is -2.21. The maximum atomic E-state index is 5.71. The lowest BCUT2D eigenvalue weighted by Crippen LogP contribution is -2.26. The van der Waals surface area contributed by atoms with Gasteiger partial charge in [-0.2, -0.15) is 0 Å². The van der Waals surface area contributed by atoms with Crippen molar-refractivity contribution in [2.24, 2.45) is 0 Å². The van der Waals surface area contributed by atoms with Crippen molar-refractivity contribution in [1.82, 2.24) is 5.32 Å². The lowest BCUT2D eigenvalue weighted by molar-refractivity contribution is 0.0614. The van der Waals surface area contributed by atoms with Gasteiger partial charge in [0.15, 0.2) is 11.5 Å². The molecular weight excluding hydrogens is 242 g/mol. The predicted octanol–water partition coefficient (Wildman–Crippen LogP) is 2.78. The fraction of sp³-hybridized carbons (Fsp3) is 0.600. The Morgan fingerprint density at radius 1 is 1.11 bits per heavy atom. The molecule has 108 valence electrons. The predicted molar refractivity (Wildman–Crippen MR) is 77.1 cm³/mol. The second kappa shape index (κ2) is 8.02. The Morgan fingerprint density at radius 2 is 1.79 bits per heavy atom. The number of hydrogen-bond donors (Lipinski definition) is 1. The molecule has 0 spiro atoms. The third kappa shape index (κ3) is 4.73. The smallest absolute Gasteiger partial charge is 0.161 e. The van der Waals surface area contributed by atoms with Gasteiger partial charge in [-0.25, -0.2) is 0 Å². The first-order valence-electron chi connectivity index (χ1n) is 6.69. The van der Waals surface area contributed by atoms with Crippen LogP contribution in [0.2, 0.25) is 0 Å². The molecule has 0 aliphatic heterocycles. The van der Waals surface area contributed by atoms with Crippen LogP contribution in [0.3, 0.4) is 0 Å². The van der Waals surface area contributed by atoms with Crippen LogP contribution < -0.4 is 14.8 Å². The van der Waals surface area contributed by atoms with E-state index < -0.39 is 0 Å². The average molecular weight is 267 g/mol. The third-order valence-electron chi connectivity index (χ3n) is 2.86. The molecule has 0 saturated heterocycles. The summed E-state index contributed by atoms with van der Waals surface area (Å²) >= 11 is 0. The second-order valence-electron chi connectivity index (χ2n) is 4.61. The summed E-state index contributed by atoms with van der Waals surface area (Å²) in [6, 6.07) is 6.12. The number of hydrogen-bond acceptors (Lipinski definition) is 4. The van der Waals surface area contributed by atoms with E-state index in [-0.39, 0.29) is 12.1 Å². The van der Waals surface area contributed by atoms with Gasteiger partial charge in [0.05, 0.1) is 33.0 Å². The summed E-state index contributed by atoms with van der Waals surface area (Å²) in [6.45, 7) is 7.69. The first-order chi connectivity index (χ1) is 9.12. The SMILES string of the molecule is CCNC(COC(C)C)c1ccc(OC)c(OC)c1. The highest BCUT2D eigenvalue weighted by atomic mass is 16.5. The van der Waals surface area contributed by atoms with Gasteiger partial charge < -0.3 is 19.5 Å². The van der Waals surface area contributed by atoms with E-state index in [0.717, 1.165) is 23.6 Å². The van der Waals surface area contributed by atoms with Gasteiger partial charge in [-0.1, -0.05) is 13.0 Å². The Bertz CT molecular complexity index is 380. The van der Waals surface area contributed by atoms with E-state index in [9.17, 15) is 0 Å². The molecule has 0 aliphatic carbocycles. The zero-order valence-corrected chi connectivity index (χ0v) is 12.5. The van der Waals surface area contributed by atoms with Crippen LogP contribution >= 0.6 is 0 Å². The van der Waals surface area contributed by atoms with Crippen LogP contribution in [-0.2, 0) is 4.74 Å². The van der Waals surface area contributed by atoms with Gasteiger partial charge in [-0.3, -0.25) is 0 Å². The van der Waals surface area contributed by atoms with E-state index in [4.69, 9.17) is 14.2 Å². The van der Waals surface area contributed by atoms with Crippen molar-refractivity contribution in [2.45, 2.75) is 32.9 Å². The molecule has 1 unspecified atom stereocenters. The Hall–Kier alpha value is -1.26. The van der Waals surface area contributed by atoms with Crippen molar-refractivity contribution in [1.29, 1.82) is 0 Å². The second-order valence-corrected chi connectivity index (χ2v) is 4.61. The summed E-state index contributed by atoms with van der Waals surface area (Å²) in [6.07, 6.45) is 0.223. The first-order valence-corrected chi connectivity index (χ1v) is 6.69. The summed E-state index contributed by atoms with van der Waals surface area (Å²) in [4.78, 5) is 0. The molecule has 0 radical (unpaired) electrons. The molecule has 4 nitrogen and oxygen atoms in total. The van der Waals surface area contributed by atoms with Crippen LogP contribution in [0.4, 0.5) is 0 Å². The van der Waals surface area contributed by atoms with E-state index in [1.807, 2.05) is 32.0 Å². The van der Waals surface area contributed by atoms with Crippen molar-refractivity contribution < 1.29 is 14.2 Å². The van der Waals surface area contributed by atoms with E-state index in [0.29, 0.717) is 6.61 Å². The molecule has 0 fully saturated rings. The zero-order valence-electron chi connectivity index (χ0n) is 12.5. The highest BCUT2D eigenvalue weighted by molar-refractivity contribution is 5.43. The Kier molecular flexibility index (Phi) is 6.67. The number of benzene rings is 1. The first kappa shape index (κ1) is 15.8. The highest BCUT2D eigenvalue weighted by Crippen LogP contribution is 2.30. The van der Waals surface area contributed by atoms with Crippen molar-refractivity contribution in [3.8, 4) is 11.5 Å². The van der Waals surface area contributed by atoms with Crippen molar-refractivity contribution in [3.05, 3.63) is 23.8 Å². The van der Waals surface area contributed by atoms with E-state index in [1.54, 1.807) is 14.2 Å². The zero-order chi connectivity index (χ0) is 14.3. The minimum absolute atomic E-state index is 0.159. The van der Waals surface area contributed by atoms with Gasteiger partial charge in [0.2, 0.25) is 0 Å². The number of methoxy groups -OCH3 is 2. The summed E-state index contributed by atoms with van der Waals surface area (Å²) in [7, 11) is 3.29. The van der Waals surface area contributed by atoms with Crippen molar-refractivity contribution >= 4 is 0 Å². The normalized spacial score (nSPS) is 12.5. The molecule has 0 amide bonds. The Labute approximate surface area is 116 Å². The van der Waals surface area contributed by atoms with Gasteiger partial charge in [0.25, 0.3) is 0 Å². The number of likely N-dealkylation sites (N-methyl/N-ethyl adjacent to an activating group) is 1. The minimum Gasteiger partial charge on any atom is -0.493 e. The molecule has 0 saturated carbocycles. The molecule has 1 N–H and O–H groups in total. The Balaban J connectivity index is 2.88. The lowest BCUT2D eigenvalue weighted by atomic mass is 10.1. The quantitative estimate of drug-likeness (QED) is 0.786. The molecule has 1 aromatic rings. The van der Waals surface area contributed by atoms with Crippen LogP contribution in [0, 0.1) is 0 Å². The molecule has 1 aromatic carbocycles. The van der Waals surface area contributed by atoms with E-state index >= 15 is 0 Å². The number of nitrogens with one attached hydrogen (secondary N) is 1. The van der Waals surface area contributed by atoms with Gasteiger partial charge in [0.1, 0.15) is 0 Å². The number of ether oxygens (including phenoxy) is 3. The van der Waals surface area contributed by atoms with Crippen LogP contribution in [0.15, 0.2) is 18.2 Å². The summed E-state index contributed by atoms with van der Waals surface area (Å²) in [5, 5.41) is 3.42. The van der Waals surface area contributed by atoms with Crippen LogP contribution in [-0.4, -0.2) is 33.5 Å². The van der Waals surface area contributed by atoms with Gasteiger partial charge in [0, 0.05) is 0 Å². The van der Waals surface area contributed by atoms with Crippen LogP contribution in [0.25, 0.3) is 0 Å². The number of rotatable bonds is 8. The minimum atomic E-state index is 0.159. The molecule has 1 atom stereocenters. The van der Waals surface area contributed by atoms with Crippen molar-refractivity contribution in [3.63, 3.8) is 0 Å². The van der Waals surface area contributed by atoms with E-state index in [1.165, 1.54) is 0 Å². The summed E-state index contributed by atoms with van der Waals surface area (Å²) < 4.78 is 16.3. The molecular formula is C15H25NO3. The Morgan fingerprint density at radius 3 is 2.32 bits per heavy atom. The fourth-order valence-electron chi connectivity index (χ4n) is 1.88. The monoisotopic (exact) mass is 267 g/mol. The van der Waals surface area contributed by atoms with E-state index in [2.05, 4.69) is 12.2 Å². The van der Waals surface area contributed by atoms with Gasteiger partial charge in [-0.05, 0) is 38.1 Å². The maximum Gasteiger partial charge on any atom is 0.161 e. The fourth-order valence-corrected chi connectivity index (χ4v) is 1.88. The summed E-state index contributed by atoms with van der Waals surface area (Å²) in [5.41, 5.74) is 1.14. The maximum absolute atomic E-state index is 5.71. The molecule has 0 heterocycles. The standard InChI is InChI=1S/C15H25NO3/c1-6-16-13(10-19-11(2)3)12-7-8-14(17-4)15(9-12)18-5/h7-9,11,13,16H,6,10H2,1-5H3. The molecule has 0 aliphatic rings. The average Bonchev–Trinajstić information content (AvgIpc) is 2.42. The van der Waals surface area contributed by atoms with Crippen LogP contribution in [0.1, 0.15) is 32.4 Å².